The van der Waals surface area contributed by atoms with E-state index in [0.29, 0.717) is 6.04 Å². The van der Waals surface area contributed by atoms with Crippen molar-refractivity contribution in [2.75, 3.05) is 11.5 Å². The zero-order valence-electron chi connectivity index (χ0n) is 11.9. The largest absolute Gasteiger partial charge is 0.352 e. The summed E-state index contributed by atoms with van der Waals surface area (Å²) in [7, 11) is 0. The highest BCUT2D eigenvalue weighted by Crippen LogP contribution is 2.02. The van der Waals surface area contributed by atoms with Crippen LogP contribution in [0.25, 0.3) is 0 Å². The lowest BCUT2D eigenvalue weighted by Gasteiger charge is -2.21. The SMILES string of the molecule is CCCC(C)NC(=O)C(C)NC(C)CSCC. The molecule has 0 aromatic heterocycles. The highest BCUT2D eigenvalue weighted by molar-refractivity contribution is 7.99. The number of rotatable bonds is 9. The minimum absolute atomic E-state index is 0.109. The van der Waals surface area contributed by atoms with Crippen LogP contribution in [0.5, 0.6) is 0 Å². The van der Waals surface area contributed by atoms with E-state index in [4.69, 9.17) is 0 Å². The Morgan fingerprint density at radius 3 is 2.35 bits per heavy atom. The second kappa shape index (κ2) is 9.77. The Kier molecular flexibility index (Phi) is 9.65. The summed E-state index contributed by atoms with van der Waals surface area (Å²) in [5, 5.41) is 6.36. The molecule has 17 heavy (non-hydrogen) atoms. The summed E-state index contributed by atoms with van der Waals surface area (Å²) in [6.45, 7) is 10.4. The van der Waals surface area contributed by atoms with Gasteiger partial charge in [-0.05, 0) is 32.9 Å². The lowest BCUT2D eigenvalue weighted by Crippen LogP contribution is -2.48. The normalized spacial score (nSPS) is 16.3. The Labute approximate surface area is 111 Å². The van der Waals surface area contributed by atoms with Crippen LogP contribution in [0.2, 0.25) is 0 Å². The van der Waals surface area contributed by atoms with Crippen LogP contribution in [0.3, 0.4) is 0 Å². The quantitative estimate of drug-likeness (QED) is 0.669. The van der Waals surface area contributed by atoms with Gasteiger partial charge in [0.15, 0.2) is 0 Å². The van der Waals surface area contributed by atoms with Crippen molar-refractivity contribution in [3.8, 4) is 0 Å². The monoisotopic (exact) mass is 260 g/mol. The van der Waals surface area contributed by atoms with Gasteiger partial charge in [-0.25, -0.2) is 0 Å². The van der Waals surface area contributed by atoms with E-state index in [-0.39, 0.29) is 18.0 Å². The van der Waals surface area contributed by atoms with Gasteiger partial charge in [-0.1, -0.05) is 20.3 Å². The molecule has 3 unspecified atom stereocenters. The van der Waals surface area contributed by atoms with Crippen LogP contribution < -0.4 is 10.6 Å². The maximum absolute atomic E-state index is 11.9. The topological polar surface area (TPSA) is 41.1 Å². The van der Waals surface area contributed by atoms with E-state index in [1.807, 2.05) is 18.7 Å². The van der Waals surface area contributed by atoms with E-state index in [2.05, 4.69) is 38.3 Å². The Hall–Kier alpha value is -0.220. The van der Waals surface area contributed by atoms with Gasteiger partial charge in [0.05, 0.1) is 6.04 Å². The van der Waals surface area contributed by atoms with Crippen LogP contribution in [-0.2, 0) is 4.79 Å². The van der Waals surface area contributed by atoms with Crippen LogP contribution >= 0.6 is 11.8 Å². The molecule has 102 valence electrons. The minimum Gasteiger partial charge on any atom is -0.352 e. The molecular formula is C13H28N2OS. The Bertz CT molecular complexity index is 212. The molecule has 0 aliphatic rings. The van der Waals surface area contributed by atoms with E-state index in [1.165, 1.54) is 0 Å². The van der Waals surface area contributed by atoms with Crippen molar-refractivity contribution >= 4 is 17.7 Å². The van der Waals surface area contributed by atoms with Gasteiger partial charge in [0.1, 0.15) is 0 Å². The number of hydrogen-bond donors (Lipinski definition) is 2. The van der Waals surface area contributed by atoms with Crippen molar-refractivity contribution in [1.82, 2.24) is 10.6 Å². The third-order valence-electron chi connectivity index (χ3n) is 2.61. The molecule has 2 N–H and O–H groups in total. The molecule has 0 saturated carbocycles. The number of nitrogens with one attached hydrogen (secondary N) is 2. The number of thioether (sulfide) groups is 1. The summed E-state index contributed by atoms with van der Waals surface area (Å²) in [4.78, 5) is 11.9. The highest BCUT2D eigenvalue weighted by atomic mass is 32.2. The van der Waals surface area contributed by atoms with Gasteiger partial charge in [-0.2, -0.15) is 11.8 Å². The summed E-state index contributed by atoms with van der Waals surface area (Å²) >= 11 is 1.90. The van der Waals surface area contributed by atoms with Crippen molar-refractivity contribution in [1.29, 1.82) is 0 Å². The molecule has 4 heteroatoms. The Balaban J connectivity index is 3.87. The van der Waals surface area contributed by atoms with Crippen LogP contribution in [0.1, 0.15) is 47.5 Å². The zero-order chi connectivity index (χ0) is 13.3. The van der Waals surface area contributed by atoms with E-state index < -0.39 is 0 Å². The Morgan fingerprint density at radius 1 is 1.18 bits per heavy atom. The lowest BCUT2D eigenvalue weighted by atomic mass is 10.2. The molecule has 0 fully saturated rings. The van der Waals surface area contributed by atoms with E-state index in [0.717, 1.165) is 24.3 Å². The molecule has 0 aromatic carbocycles. The molecule has 3 nitrogen and oxygen atoms in total. The van der Waals surface area contributed by atoms with Gasteiger partial charge in [-0.15, -0.1) is 0 Å². The summed E-state index contributed by atoms with van der Waals surface area (Å²) in [6, 6.07) is 0.543. The molecule has 0 bridgehead atoms. The van der Waals surface area contributed by atoms with Crippen molar-refractivity contribution in [3.05, 3.63) is 0 Å². The van der Waals surface area contributed by atoms with Crippen LogP contribution in [0, 0.1) is 0 Å². The average Bonchev–Trinajstić information content (AvgIpc) is 2.26. The first-order valence-corrected chi connectivity index (χ1v) is 7.80. The fraction of sp³-hybridized carbons (Fsp3) is 0.923. The first-order chi connectivity index (χ1) is 8.01. The first kappa shape index (κ1) is 16.8. The van der Waals surface area contributed by atoms with E-state index in [1.54, 1.807) is 0 Å². The molecule has 3 atom stereocenters. The van der Waals surface area contributed by atoms with E-state index in [9.17, 15) is 4.79 Å². The van der Waals surface area contributed by atoms with Crippen LogP contribution in [-0.4, -0.2) is 35.5 Å². The number of amides is 1. The predicted molar refractivity (Wildman–Crippen MR) is 77.6 cm³/mol. The number of carbonyl (C=O) groups is 1. The van der Waals surface area contributed by atoms with Crippen molar-refractivity contribution in [2.24, 2.45) is 0 Å². The maximum Gasteiger partial charge on any atom is 0.237 e. The van der Waals surface area contributed by atoms with Crippen molar-refractivity contribution in [2.45, 2.75) is 65.6 Å². The fourth-order valence-electron chi connectivity index (χ4n) is 1.72. The molecule has 0 aromatic rings. The molecule has 0 heterocycles. The second-order valence-electron chi connectivity index (χ2n) is 4.65. The Morgan fingerprint density at radius 2 is 1.82 bits per heavy atom. The third-order valence-corrected chi connectivity index (χ3v) is 3.75. The molecular weight excluding hydrogens is 232 g/mol. The fourth-order valence-corrected chi connectivity index (χ4v) is 2.40. The zero-order valence-corrected chi connectivity index (χ0v) is 12.7. The van der Waals surface area contributed by atoms with Crippen molar-refractivity contribution < 1.29 is 4.79 Å². The molecule has 0 radical (unpaired) electrons. The molecule has 0 saturated heterocycles. The van der Waals surface area contributed by atoms with Crippen LogP contribution in [0.4, 0.5) is 0 Å². The minimum atomic E-state index is -0.109. The maximum atomic E-state index is 11.9. The summed E-state index contributed by atoms with van der Waals surface area (Å²) in [5.74, 6) is 2.29. The lowest BCUT2D eigenvalue weighted by molar-refractivity contribution is -0.123. The van der Waals surface area contributed by atoms with Gasteiger partial charge in [-0.3, -0.25) is 4.79 Å². The van der Waals surface area contributed by atoms with Gasteiger partial charge >= 0.3 is 0 Å². The molecule has 0 aliphatic heterocycles. The van der Waals surface area contributed by atoms with E-state index >= 15 is 0 Å². The number of hydrogen-bond acceptors (Lipinski definition) is 3. The smallest absolute Gasteiger partial charge is 0.237 e. The first-order valence-electron chi connectivity index (χ1n) is 6.65. The van der Waals surface area contributed by atoms with Gasteiger partial charge in [0.2, 0.25) is 5.91 Å². The molecule has 0 aliphatic carbocycles. The standard InChI is InChI=1S/C13H28N2OS/c1-6-8-10(3)15-13(16)12(5)14-11(4)9-17-7-2/h10-12,14H,6-9H2,1-5H3,(H,15,16). The summed E-state index contributed by atoms with van der Waals surface area (Å²) < 4.78 is 0. The van der Waals surface area contributed by atoms with Gasteiger partial charge in [0, 0.05) is 17.8 Å². The average molecular weight is 260 g/mol. The summed E-state index contributed by atoms with van der Waals surface area (Å²) in [6.07, 6.45) is 2.15. The molecule has 0 rings (SSSR count). The summed E-state index contributed by atoms with van der Waals surface area (Å²) in [5.41, 5.74) is 0. The third kappa shape index (κ3) is 8.50. The molecule has 1 amide bonds. The van der Waals surface area contributed by atoms with Crippen LogP contribution in [0.15, 0.2) is 0 Å². The second-order valence-corrected chi connectivity index (χ2v) is 5.97. The van der Waals surface area contributed by atoms with Crippen molar-refractivity contribution in [3.63, 3.8) is 0 Å². The predicted octanol–water partition coefficient (Wildman–Crippen LogP) is 2.41. The highest BCUT2D eigenvalue weighted by Gasteiger charge is 2.16. The number of carbonyl (C=O) groups excluding carboxylic acids is 1. The van der Waals surface area contributed by atoms with Gasteiger partial charge < -0.3 is 10.6 Å². The van der Waals surface area contributed by atoms with Gasteiger partial charge in [0.25, 0.3) is 0 Å². The molecule has 0 spiro atoms.